The summed E-state index contributed by atoms with van der Waals surface area (Å²) in [4.78, 5) is 18.3. The fraction of sp³-hybridized carbons (Fsp3) is 0.579. The summed E-state index contributed by atoms with van der Waals surface area (Å²) >= 11 is 6.26. The summed E-state index contributed by atoms with van der Waals surface area (Å²) in [5.74, 6) is 1.60. The van der Waals surface area contributed by atoms with Crippen LogP contribution in [0.25, 0.3) is 0 Å². The van der Waals surface area contributed by atoms with E-state index < -0.39 is 0 Å². The van der Waals surface area contributed by atoms with Crippen LogP contribution in [0.15, 0.2) is 23.2 Å². The summed E-state index contributed by atoms with van der Waals surface area (Å²) in [6, 6.07) is 5.68. The molecule has 0 fully saturated rings. The second kappa shape index (κ2) is 12.4. The number of ether oxygens (including phenoxy) is 1. The number of methoxy groups -OCH3 is 1. The Morgan fingerprint density at radius 1 is 1.23 bits per heavy atom. The highest BCUT2D eigenvalue weighted by Crippen LogP contribution is 2.22. The molecule has 1 aromatic rings. The van der Waals surface area contributed by atoms with Crippen LogP contribution in [0.2, 0.25) is 5.02 Å². The number of hydrogen-bond acceptors (Lipinski definition) is 3. The second-order valence-electron chi connectivity index (χ2n) is 5.71. The number of halogens is 1. The van der Waals surface area contributed by atoms with Gasteiger partial charge < -0.3 is 20.3 Å². The quantitative estimate of drug-likeness (QED) is 0.482. The zero-order chi connectivity index (χ0) is 19.4. The van der Waals surface area contributed by atoms with Gasteiger partial charge in [0, 0.05) is 37.6 Å². The van der Waals surface area contributed by atoms with Gasteiger partial charge >= 0.3 is 0 Å². The lowest BCUT2D eigenvalue weighted by molar-refractivity contribution is -0.130. The standard InChI is InChI=1S/C19H31ClN4O2/c1-5-21-19(23-13-11-18(25)24(6-2)7-3)22-12-10-15-8-9-16(26-4)14-17(15)20/h8-9,14H,5-7,10-13H2,1-4H3,(H2,21,22,23). The van der Waals surface area contributed by atoms with Crippen molar-refractivity contribution in [1.82, 2.24) is 15.5 Å². The Balaban J connectivity index is 2.50. The molecule has 0 saturated heterocycles. The lowest BCUT2D eigenvalue weighted by Crippen LogP contribution is -2.38. The Labute approximate surface area is 162 Å². The first-order chi connectivity index (χ1) is 12.5. The van der Waals surface area contributed by atoms with Gasteiger partial charge in [0.15, 0.2) is 5.96 Å². The summed E-state index contributed by atoms with van der Waals surface area (Å²) in [5, 5.41) is 7.17. The Morgan fingerprint density at radius 2 is 1.96 bits per heavy atom. The fourth-order valence-corrected chi connectivity index (χ4v) is 2.78. The van der Waals surface area contributed by atoms with Gasteiger partial charge in [-0.1, -0.05) is 17.7 Å². The zero-order valence-electron chi connectivity index (χ0n) is 16.3. The summed E-state index contributed by atoms with van der Waals surface area (Å²) in [7, 11) is 1.62. The predicted octanol–water partition coefficient (Wildman–Crippen LogP) is 2.70. The van der Waals surface area contributed by atoms with Crippen LogP contribution in [0.4, 0.5) is 0 Å². The minimum atomic E-state index is 0.139. The first-order valence-electron chi connectivity index (χ1n) is 9.17. The Hall–Kier alpha value is -1.95. The van der Waals surface area contributed by atoms with E-state index in [-0.39, 0.29) is 5.91 Å². The molecule has 2 N–H and O–H groups in total. The van der Waals surface area contributed by atoms with Gasteiger partial charge in [0.2, 0.25) is 5.91 Å². The number of aliphatic imine (C=N–C) groups is 1. The monoisotopic (exact) mass is 382 g/mol. The fourth-order valence-electron chi connectivity index (χ4n) is 2.51. The van der Waals surface area contributed by atoms with Gasteiger partial charge in [0.1, 0.15) is 5.75 Å². The molecule has 0 saturated carbocycles. The molecule has 0 radical (unpaired) electrons. The molecule has 0 aliphatic carbocycles. The summed E-state index contributed by atoms with van der Waals surface area (Å²) < 4.78 is 5.16. The van der Waals surface area contributed by atoms with Crippen LogP contribution < -0.4 is 15.4 Å². The Kier molecular flexibility index (Phi) is 10.5. The van der Waals surface area contributed by atoms with E-state index >= 15 is 0 Å². The maximum absolute atomic E-state index is 12.0. The van der Waals surface area contributed by atoms with E-state index in [0.717, 1.165) is 37.4 Å². The molecule has 0 aliphatic rings. The van der Waals surface area contributed by atoms with E-state index in [1.54, 1.807) is 7.11 Å². The summed E-state index contributed by atoms with van der Waals surface area (Å²) in [6.45, 7) is 9.38. The molecule has 26 heavy (non-hydrogen) atoms. The Bertz CT molecular complexity index is 589. The van der Waals surface area contributed by atoms with Crippen molar-refractivity contribution in [3.05, 3.63) is 28.8 Å². The van der Waals surface area contributed by atoms with Gasteiger partial charge in [0.25, 0.3) is 0 Å². The van der Waals surface area contributed by atoms with Crippen molar-refractivity contribution in [2.24, 2.45) is 4.99 Å². The van der Waals surface area contributed by atoms with Crippen LogP contribution >= 0.6 is 11.6 Å². The summed E-state index contributed by atoms with van der Waals surface area (Å²) in [6.07, 6.45) is 1.19. The zero-order valence-corrected chi connectivity index (χ0v) is 17.0. The van der Waals surface area contributed by atoms with Gasteiger partial charge in [-0.15, -0.1) is 0 Å². The molecule has 146 valence electrons. The number of carbonyl (C=O) groups is 1. The summed E-state index contributed by atoms with van der Waals surface area (Å²) in [5.41, 5.74) is 1.05. The maximum Gasteiger partial charge on any atom is 0.224 e. The molecule has 0 heterocycles. The minimum absolute atomic E-state index is 0.139. The SMILES string of the molecule is CCNC(=NCCC(=O)N(CC)CC)NCCc1ccc(OC)cc1Cl. The highest BCUT2D eigenvalue weighted by atomic mass is 35.5. The second-order valence-corrected chi connectivity index (χ2v) is 6.12. The van der Waals surface area contributed by atoms with E-state index in [1.165, 1.54) is 0 Å². The van der Waals surface area contributed by atoms with Crippen LogP contribution in [0, 0.1) is 0 Å². The predicted molar refractivity (Wildman–Crippen MR) is 108 cm³/mol. The third-order valence-corrected chi connectivity index (χ3v) is 4.35. The molecule has 6 nitrogen and oxygen atoms in total. The molecule has 7 heteroatoms. The van der Waals surface area contributed by atoms with Crippen LogP contribution in [-0.2, 0) is 11.2 Å². The van der Waals surface area contributed by atoms with Gasteiger partial charge in [-0.3, -0.25) is 9.79 Å². The third-order valence-electron chi connectivity index (χ3n) is 4.00. The molecule has 0 spiro atoms. The number of nitrogens with zero attached hydrogens (tertiary/aromatic N) is 2. The van der Waals surface area contributed by atoms with Crippen LogP contribution in [-0.4, -0.2) is 56.6 Å². The topological polar surface area (TPSA) is 66.0 Å². The van der Waals surface area contributed by atoms with Gasteiger partial charge in [-0.2, -0.15) is 0 Å². The van der Waals surface area contributed by atoms with Crippen molar-refractivity contribution in [2.45, 2.75) is 33.6 Å². The average Bonchev–Trinajstić information content (AvgIpc) is 2.64. The Morgan fingerprint density at radius 3 is 2.54 bits per heavy atom. The number of hydrogen-bond donors (Lipinski definition) is 2. The van der Waals surface area contributed by atoms with Crippen molar-refractivity contribution in [3.8, 4) is 5.75 Å². The number of guanidine groups is 1. The first kappa shape index (κ1) is 22.1. The molecule has 0 bridgehead atoms. The highest BCUT2D eigenvalue weighted by molar-refractivity contribution is 6.31. The van der Waals surface area contributed by atoms with Gasteiger partial charge in [0.05, 0.1) is 13.7 Å². The van der Waals surface area contributed by atoms with Crippen LogP contribution in [0.5, 0.6) is 5.75 Å². The molecule has 1 rings (SSSR count). The van der Waals surface area contributed by atoms with Gasteiger partial charge in [-0.25, -0.2) is 0 Å². The van der Waals surface area contributed by atoms with Crippen LogP contribution in [0.3, 0.4) is 0 Å². The lowest BCUT2D eigenvalue weighted by Gasteiger charge is -2.18. The van der Waals surface area contributed by atoms with E-state index in [4.69, 9.17) is 16.3 Å². The third kappa shape index (κ3) is 7.52. The number of nitrogens with one attached hydrogen (secondary N) is 2. The maximum atomic E-state index is 12.0. The largest absolute Gasteiger partial charge is 0.497 e. The molecule has 0 atom stereocenters. The molecule has 0 unspecified atom stereocenters. The molecule has 0 aliphatic heterocycles. The minimum Gasteiger partial charge on any atom is -0.497 e. The molecular formula is C19H31ClN4O2. The lowest BCUT2D eigenvalue weighted by atomic mass is 10.1. The smallest absolute Gasteiger partial charge is 0.224 e. The molecule has 0 aromatic heterocycles. The van der Waals surface area contributed by atoms with Crippen LogP contribution in [0.1, 0.15) is 32.8 Å². The van der Waals surface area contributed by atoms with Crippen molar-refractivity contribution in [1.29, 1.82) is 0 Å². The normalized spacial score (nSPS) is 11.2. The number of amides is 1. The van der Waals surface area contributed by atoms with E-state index in [1.807, 2.05) is 43.9 Å². The molecular weight excluding hydrogens is 352 g/mol. The number of carbonyl (C=O) groups excluding carboxylic acids is 1. The number of benzene rings is 1. The molecule has 1 aromatic carbocycles. The number of rotatable bonds is 10. The first-order valence-corrected chi connectivity index (χ1v) is 9.55. The molecule has 1 amide bonds. The van der Waals surface area contributed by atoms with Gasteiger partial charge in [-0.05, 0) is 44.9 Å². The van der Waals surface area contributed by atoms with Crippen molar-refractivity contribution in [2.75, 3.05) is 39.8 Å². The highest BCUT2D eigenvalue weighted by Gasteiger charge is 2.08. The van der Waals surface area contributed by atoms with E-state index in [0.29, 0.717) is 30.5 Å². The van der Waals surface area contributed by atoms with Crippen molar-refractivity contribution in [3.63, 3.8) is 0 Å². The van der Waals surface area contributed by atoms with E-state index in [2.05, 4.69) is 15.6 Å². The van der Waals surface area contributed by atoms with Crippen molar-refractivity contribution >= 4 is 23.5 Å². The van der Waals surface area contributed by atoms with E-state index in [9.17, 15) is 4.79 Å². The average molecular weight is 383 g/mol. The van der Waals surface area contributed by atoms with Crippen molar-refractivity contribution < 1.29 is 9.53 Å².